The van der Waals surface area contributed by atoms with Crippen LogP contribution in [0.4, 0.5) is 0 Å². The molecule has 1 amide bonds. The monoisotopic (exact) mass is 398 g/mol. The molecule has 0 N–H and O–H groups in total. The van der Waals surface area contributed by atoms with Gasteiger partial charge in [-0.1, -0.05) is 30.3 Å². The van der Waals surface area contributed by atoms with Gasteiger partial charge in [-0.25, -0.2) is 13.5 Å². The summed E-state index contributed by atoms with van der Waals surface area (Å²) in [5.74, 6) is -2.43. The number of hydroxylamine groups is 2. The van der Waals surface area contributed by atoms with E-state index < -0.39 is 38.5 Å². The highest BCUT2D eigenvalue weighted by Gasteiger charge is 2.39. The second-order valence-electron chi connectivity index (χ2n) is 8.11. The van der Waals surface area contributed by atoms with E-state index in [0.29, 0.717) is 12.0 Å². The second kappa shape index (κ2) is 8.84. The molecule has 1 unspecified atom stereocenters. The average Bonchev–Trinajstić information content (AvgIpc) is 2.52. The number of amides is 1. The molecule has 0 aromatic heterocycles. The molecule has 0 radical (unpaired) electrons. The van der Waals surface area contributed by atoms with Crippen molar-refractivity contribution in [3.63, 3.8) is 0 Å². The van der Waals surface area contributed by atoms with Gasteiger partial charge in [0.25, 0.3) is 0 Å². The van der Waals surface area contributed by atoms with Crippen molar-refractivity contribution in [1.82, 2.24) is 5.06 Å². The smallest absolute Gasteiger partial charge is 0.233 e. The van der Waals surface area contributed by atoms with E-state index in [2.05, 4.69) is 0 Å². The number of hydrogen-bond donors (Lipinski definition) is 0. The Labute approximate surface area is 161 Å². The summed E-state index contributed by atoms with van der Waals surface area (Å²) in [5, 5.41) is 12.1. The molecule has 0 spiro atoms. The lowest BCUT2D eigenvalue weighted by Crippen LogP contribution is -2.48. The summed E-state index contributed by atoms with van der Waals surface area (Å²) in [7, 11) is -3.79. The van der Waals surface area contributed by atoms with Crippen LogP contribution in [0.15, 0.2) is 30.3 Å². The Bertz CT molecular complexity index is 737. The van der Waals surface area contributed by atoms with Crippen LogP contribution < -0.4 is 5.11 Å². The molecule has 1 atom stereocenters. The lowest BCUT2D eigenvalue weighted by Gasteiger charge is -2.34. The maximum Gasteiger partial charge on any atom is 0.233 e. The highest BCUT2D eigenvalue weighted by atomic mass is 32.2. The fraction of sp³-hybridized carbons (Fsp3) is 0.579. The second-order valence-corrected chi connectivity index (χ2v) is 10.8. The van der Waals surface area contributed by atoms with Gasteiger partial charge in [-0.05, 0) is 46.6 Å². The van der Waals surface area contributed by atoms with Crippen LogP contribution >= 0.6 is 0 Å². The Morgan fingerprint density at radius 2 is 1.74 bits per heavy atom. The van der Waals surface area contributed by atoms with Gasteiger partial charge in [0.2, 0.25) is 6.41 Å². The quantitative estimate of drug-likeness (QED) is 0.435. The number of carbonyl (C=O) groups excluding carboxylic acids is 2. The third kappa shape index (κ3) is 7.30. The largest absolute Gasteiger partial charge is 0.550 e. The minimum atomic E-state index is -3.79. The summed E-state index contributed by atoms with van der Waals surface area (Å²) in [4.78, 5) is 27.9. The minimum Gasteiger partial charge on any atom is -0.550 e. The first-order valence-electron chi connectivity index (χ1n) is 8.65. The van der Waals surface area contributed by atoms with E-state index in [0.717, 1.165) is 5.06 Å². The Kier molecular flexibility index (Phi) is 7.57. The van der Waals surface area contributed by atoms with Gasteiger partial charge in [-0.15, -0.1) is 0 Å². The van der Waals surface area contributed by atoms with Crippen LogP contribution in [0.1, 0.15) is 52.5 Å². The van der Waals surface area contributed by atoms with Gasteiger partial charge in [-0.2, -0.15) is 0 Å². The van der Waals surface area contributed by atoms with Crippen molar-refractivity contribution < 1.29 is 28.0 Å². The SMILES string of the molecule is CC(C)(C)ON(C=O)CC(C)(C)S(=O)(=O)CC(CC(=O)[O-])c1ccccc1. The predicted molar refractivity (Wildman–Crippen MR) is 100 cm³/mol. The average molecular weight is 399 g/mol. The number of sulfone groups is 1. The number of carboxylic acids is 1. The molecule has 0 heterocycles. The number of benzene rings is 1. The Morgan fingerprint density at radius 3 is 2.19 bits per heavy atom. The molecule has 0 bridgehead atoms. The van der Waals surface area contributed by atoms with Crippen molar-refractivity contribution >= 4 is 22.2 Å². The molecule has 1 aromatic rings. The summed E-state index contributed by atoms with van der Waals surface area (Å²) in [6, 6.07) is 8.60. The molecule has 1 rings (SSSR count). The number of carbonyl (C=O) groups is 2. The van der Waals surface area contributed by atoms with Crippen LogP contribution in [0, 0.1) is 0 Å². The molecular formula is C19H28NO6S-. The molecule has 0 aliphatic heterocycles. The van der Waals surface area contributed by atoms with Gasteiger partial charge in [0.15, 0.2) is 9.84 Å². The topological polar surface area (TPSA) is 104 Å². The van der Waals surface area contributed by atoms with Crippen molar-refractivity contribution in [2.75, 3.05) is 12.3 Å². The van der Waals surface area contributed by atoms with E-state index in [1.807, 2.05) is 0 Å². The molecule has 0 fully saturated rings. The maximum absolute atomic E-state index is 13.0. The number of nitrogens with zero attached hydrogens (tertiary/aromatic N) is 1. The van der Waals surface area contributed by atoms with Gasteiger partial charge < -0.3 is 9.90 Å². The van der Waals surface area contributed by atoms with E-state index in [-0.39, 0.29) is 12.3 Å². The zero-order valence-electron chi connectivity index (χ0n) is 16.5. The normalized spacial score (nSPS) is 13.8. The number of rotatable bonds is 10. The summed E-state index contributed by atoms with van der Waals surface area (Å²) in [6.07, 6.45) is 0.0353. The van der Waals surface area contributed by atoms with Crippen molar-refractivity contribution in [3.8, 4) is 0 Å². The number of aliphatic carboxylic acids is 1. The lowest BCUT2D eigenvalue weighted by atomic mass is 9.98. The predicted octanol–water partition coefficient (Wildman–Crippen LogP) is 1.29. The van der Waals surface area contributed by atoms with Crippen LogP contribution in [0.3, 0.4) is 0 Å². The summed E-state index contributed by atoms with van der Waals surface area (Å²) in [6.45, 7) is 8.05. The van der Waals surface area contributed by atoms with Crippen LogP contribution in [0.2, 0.25) is 0 Å². The Balaban J connectivity index is 3.06. The minimum absolute atomic E-state index is 0.178. The molecule has 0 aliphatic carbocycles. The number of carboxylic acid groups (broad SMARTS) is 1. The summed E-state index contributed by atoms with van der Waals surface area (Å²) in [5.41, 5.74) is -0.0540. The van der Waals surface area contributed by atoms with E-state index in [1.54, 1.807) is 51.1 Å². The maximum atomic E-state index is 13.0. The third-order valence-corrected chi connectivity index (χ3v) is 6.65. The molecule has 0 saturated carbocycles. The lowest BCUT2D eigenvalue weighted by molar-refractivity contribution is -0.306. The van der Waals surface area contributed by atoms with Gasteiger partial charge in [-0.3, -0.25) is 9.63 Å². The fourth-order valence-corrected chi connectivity index (χ4v) is 4.22. The number of hydrogen-bond acceptors (Lipinski definition) is 6. The van der Waals surface area contributed by atoms with E-state index >= 15 is 0 Å². The molecular weight excluding hydrogens is 370 g/mol. The van der Waals surface area contributed by atoms with Crippen molar-refractivity contribution in [3.05, 3.63) is 35.9 Å². The van der Waals surface area contributed by atoms with Crippen molar-refractivity contribution in [2.45, 2.75) is 57.3 Å². The molecule has 7 nitrogen and oxygen atoms in total. The molecule has 27 heavy (non-hydrogen) atoms. The van der Waals surface area contributed by atoms with Gasteiger partial charge in [0.05, 0.1) is 22.6 Å². The summed E-state index contributed by atoms with van der Waals surface area (Å²) >= 11 is 0. The zero-order valence-corrected chi connectivity index (χ0v) is 17.3. The summed E-state index contributed by atoms with van der Waals surface area (Å²) < 4.78 is 24.7. The van der Waals surface area contributed by atoms with Crippen molar-refractivity contribution in [1.29, 1.82) is 0 Å². The van der Waals surface area contributed by atoms with Crippen LogP contribution in [0.25, 0.3) is 0 Å². The van der Waals surface area contributed by atoms with Gasteiger partial charge in [0.1, 0.15) is 0 Å². The highest BCUT2D eigenvalue weighted by molar-refractivity contribution is 7.92. The van der Waals surface area contributed by atoms with Gasteiger partial charge >= 0.3 is 0 Å². The first-order chi connectivity index (χ1) is 12.3. The van der Waals surface area contributed by atoms with E-state index in [1.165, 1.54) is 13.8 Å². The molecule has 1 aromatic carbocycles. The Morgan fingerprint density at radius 1 is 1.19 bits per heavy atom. The standard InChI is InChI=1S/C19H29NO6S/c1-18(2,3)26-20(14-21)13-19(4,5)27(24,25)12-16(11-17(22)23)15-9-7-6-8-10-15/h6-10,14,16H,11-13H2,1-5H3,(H,22,23)/p-1. The first-order valence-corrected chi connectivity index (χ1v) is 10.3. The van der Waals surface area contributed by atoms with Gasteiger partial charge in [0, 0.05) is 11.9 Å². The first kappa shape index (κ1) is 23.1. The molecule has 0 aliphatic rings. The van der Waals surface area contributed by atoms with E-state index in [9.17, 15) is 23.1 Å². The third-order valence-electron chi connectivity index (χ3n) is 3.99. The fourth-order valence-electron chi connectivity index (χ4n) is 2.61. The van der Waals surface area contributed by atoms with Crippen molar-refractivity contribution in [2.24, 2.45) is 0 Å². The highest BCUT2D eigenvalue weighted by Crippen LogP contribution is 2.28. The Hall–Kier alpha value is -1.93. The van der Waals surface area contributed by atoms with Crippen LogP contribution in [-0.2, 0) is 24.3 Å². The molecule has 152 valence electrons. The van der Waals surface area contributed by atoms with E-state index in [4.69, 9.17) is 4.84 Å². The zero-order chi connectivity index (χ0) is 20.9. The molecule has 0 saturated heterocycles. The van der Waals surface area contributed by atoms with Crippen LogP contribution in [-0.4, -0.2) is 48.5 Å². The van der Waals surface area contributed by atoms with Crippen LogP contribution in [0.5, 0.6) is 0 Å². The molecule has 8 heteroatoms.